The Kier molecular flexibility index (Phi) is 2.60. The van der Waals surface area contributed by atoms with E-state index in [1.165, 1.54) is 10.9 Å². The molecule has 0 unspecified atom stereocenters. The zero-order valence-electron chi connectivity index (χ0n) is 9.98. The summed E-state index contributed by atoms with van der Waals surface area (Å²) in [5.41, 5.74) is 2.97. The number of hydrogen-bond donors (Lipinski definition) is 0. The Labute approximate surface area is 110 Å². The number of alkyl halides is 1. The number of carbonyl (C=O) groups is 1. The number of carbonyl (C=O) groups excluding carboxylic acids is 1. The lowest BCUT2D eigenvalue weighted by Crippen LogP contribution is -1.99. The maximum Gasteiger partial charge on any atom is 0.177 e. The fraction of sp³-hybridized carbons (Fsp3) is 0.133. The van der Waals surface area contributed by atoms with Crippen molar-refractivity contribution in [1.82, 2.24) is 4.57 Å². The maximum atomic E-state index is 11.7. The molecule has 3 heteroatoms. The van der Waals surface area contributed by atoms with E-state index in [1.54, 1.807) is 0 Å². The number of fused-ring (bicyclic) bond motifs is 3. The van der Waals surface area contributed by atoms with Crippen LogP contribution in [0, 0.1) is 0 Å². The van der Waals surface area contributed by atoms with Crippen molar-refractivity contribution < 1.29 is 4.79 Å². The van der Waals surface area contributed by atoms with E-state index in [0.717, 1.165) is 10.9 Å². The van der Waals surface area contributed by atoms with Gasteiger partial charge in [-0.15, -0.1) is 11.6 Å². The highest BCUT2D eigenvalue weighted by molar-refractivity contribution is 6.30. The Balaban J connectivity index is 2.40. The van der Waals surface area contributed by atoms with Gasteiger partial charge in [-0.3, -0.25) is 4.79 Å². The number of aryl methyl sites for hydroxylation is 1. The fourth-order valence-corrected chi connectivity index (χ4v) is 2.57. The lowest BCUT2D eigenvalue weighted by atomic mass is 10.1. The second kappa shape index (κ2) is 4.14. The van der Waals surface area contributed by atoms with Crippen LogP contribution in [0.3, 0.4) is 0 Å². The normalized spacial score (nSPS) is 11.2. The number of halogens is 1. The third-order valence-electron chi connectivity index (χ3n) is 3.36. The van der Waals surface area contributed by atoms with Gasteiger partial charge in [-0.25, -0.2) is 0 Å². The number of Topliss-reactive ketones (excluding diaryl/α,β-unsaturated/α-hetero) is 1. The van der Waals surface area contributed by atoms with Crippen LogP contribution in [-0.2, 0) is 7.05 Å². The highest BCUT2D eigenvalue weighted by Crippen LogP contribution is 2.28. The first kappa shape index (κ1) is 11.3. The van der Waals surface area contributed by atoms with Crippen molar-refractivity contribution in [2.45, 2.75) is 0 Å². The van der Waals surface area contributed by atoms with Crippen LogP contribution in [-0.4, -0.2) is 16.2 Å². The van der Waals surface area contributed by atoms with E-state index in [9.17, 15) is 4.79 Å². The molecule has 0 spiro atoms. The molecule has 2 nitrogen and oxygen atoms in total. The molecule has 0 atom stereocenters. The Hall–Kier alpha value is -1.80. The van der Waals surface area contributed by atoms with Gasteiger partial charge in [-0.05, 0) is 24.3 Å². The minimum atomic E-state index is -0.0356. The van der Waals surface area contributed by atoms with Crippen LogP contribution in [0.5, 0.6) is 0 Å². The van der Waals surface area contributed by atoms with E-state index in [-0.39, 0.29) is 11.7 Å². The number of ketones is 1. The predicted molar refractivity (Wildman–Crippen MR) is 75.5 cm³/mol. The van der Waals surface area contributed by atoms with Crippen molar-refractivity contribution in [2.24, 2.45) is 7.05 Å². The van der Waals surface area contributed by atoms with Crippen molar-refractivity contribution in [3.63, 3.8) is 0 Å². The van der Waals surface area contributed by atoms with Crippen LogP contribution < -0.4 is 0 Å². The highest BCUT2D eigenvalue weighted by atomic mass is 35.5. The molecule has 90 valence electrons. The SMILES string of the molecule is Cn1c2ccccc2c2cc(C(=O)CCl)ccc21. The predicted octanol–water partition coefficient (Wildman–Crippen LogP) is 3.75. The van der Waals surface area contributed by atoms with Crippen molar-refractivity contribution in [3.8, 4) is 0 Å². The molecule has 0 fully saturated rings. The lowest BCUT2D eigenvalue weighted by molar-refractivity contribution is 0.102. The van der Waals surface area contributed by atoms with Gasteiger partial charge in [-0.2, -0.15) is 0 Å². The number of para-hydroxylation sites is 1. The summed E-state index contributed by atoms with van der Waals surface area (Å²) in [7, 11) is 2.04. The van der Waals surface area contributed by atoms with E-state index in [4.69, 9.17) is 11.6 Å². The number of benzene rings is 2. The van der Waals surface area contributed by atoms with Gasteiger partial charge in [-0.1, -0.05) is 18.2 Å². The van der Waals surface area contributed by atoms with Crippen molar-refractivity contribution in [1.29, 1.82) is 0 Å². The van der Waals surface area contributed by atoms with E-state index in [1.807, 2.05) is 37.4 Å². The van der Waals surface area contributed by atoms with Gasteiger partial charge >= 0.3 is 0 Å². The molecule has 0 N–H and O–H groups in total. The fourth-order valence-electron chi connectivity index (χ4n) is 2.42. The smallest absolute Gasteiger partial charge is 0.177 e. The second-order valence-electron chi connectivity index (χ2n) is 4.36. The molecule has 2 aromatic carbocycles. The van der Waals surface area contributed by atoms with Gasteiger partial charge in [0.2, 0.25) is 0 Å². The molecule has 1 aromatic heterocycles. The summed E-state index contributed by atoms with van der Waals surface area (Å²) in [5.74, 6) is -0.0116. The zero-order valence-corrected chi connectivity index (χ0v) is 10.7. The molecule has 3 aromatic rings. The lowest BCUT2D eigenvalue weighted by Gasteiger charge is -1.99. The quantitative estimate of drug-likeness (QED) is 0.506. The van der Waals surface area contributed by atoms with Gasteiger partial charge in [0.1, 0.15) is 0 Å². The number of nitrogens with zero attached hydrogens (tertiary/aromatic N) is 1. The Bertz CT molecular complexity index is 758. The molecule has 0 aliphatic rings. The minimum Gasteiger partial charge on any atom is -0.344 e. The van der Waals surface area contributed by atoms with Crippen LogP contribution in [0.4, 0.5) is 0 Å². The average molecular weight is 258 g/mol. The second-order valence-corrected chi connectivity index (χ2v) is 4.63. The van der Waals surface area contributed by atoms with E-state index in [2.05, 4.69) is 16.7 Å². The summed E-state index contributed by atoms with van der Waals surface area (Å²) in [4.78, 5) is 11.7. The van der Waals surface area contributed by atoms with Gasteiger partial charge < -0.3 is 4.57 Å². The van der Waals surface area contributed by atoms with Gasteiger partial charge in [0.25, 0.3) is 0 Å². The van der Waals surface area contributed by atoms with Crippen molar-refractivity contribution in [3.05, 3.63) is 48.0 Å². The first-order valence-electron chi connectivity index (χ1n) is 5.78. The third-order valence-corrected chi connectivity index (χ3v) is 3.60. The molecule has 0 saturated carbocycles. The van der Waals surface area contributed by atoms with E-state index < -0.39 is 0 Å². The summed E-state index contributed by atoms with van der Waals surface area (Å²) in [5, 5.41) is 2.27. The van der Waals surface area contributed by atoms with Crippen molar-refractivity contribution in [2.75, 3.05) is 5.88 Å². The van der Waals surface area contributed by atoms with Crippen LogP contribution in [0.2, 0.25) is 0 Å². The highest BCUT2D eigenvalue weighted by Gasteiger charge is 2.10. The first-order chi connectivity index (χ1) is 8.72. The molecular weight excluding hydrogens is 246 g/mol. The molecule has 0 bridgehead atoms. The third kappa shape index (κ3) is 1.53. The number of rotatable bonds is 2. The zero-order chi connectivity index (χ0) is 12.7. The summed E-state index contributed by atoms with van der Waals surface area (Å²) in [6, 6.07) is 13.9. The first-order valence-corrected chi connectivity index (χ1v) is 6.32. The Morgan fingerprint density at radius 2 is 1.83 bits per heavy atom. The van der Waals surface area contributed by atoms with Gasteiger partial charge in [0.05, 0.1) is 5.88 Å². The van der Waals surface area contributed by atoms with E-state index >= 15 is 0 Å². The van der Waals surface area contributed by atoms with Gasteiger partial charge in [0.15, 0.2) is 5.78 Å². The maximum absolute atomic E-state index is 11.7. The standard InChI is InChI=1S/C15H12ClNO/c1-17-13-5-3-2-4-11(13)12-8-10(15(18)9-16)6-7-14(12)17/h2-8H,9H2,1H3. The summed E-state index contributed by atoms with van der Waals surface area (Å²) in [6.07, 6.45) is 0. The summed E-state index contributed by atoms with van der Waals surface area (Å²) >= 11 is 5.61. The van der Waals surface area contributed by atoms with Crippen LogP contribution in [0.25, 0.3) is 21.8 Å². The molecule has 0 saturated heterocycles. The van der Waals surface area contributed by atoms with Gasteiger partial charge in [0, 0.05) is 34.4 Å². The largest absolute Gasteiger partial charge is 0.344 e. The summed E-state index contributed by atoms with van der Waals surface area (Å²) in [6.45, 7) is 0. The minimum absolute atomic E-state index is 0.0241. The molecular formula is C15H12ClNO. The average Bonchev–Trinajstić information content (AvgIpc) is 2.72. The molecule has 0 aliphatic carbocycles. The monoisotopic (exact) mass is 257 g/mol. The van der Waals surface area contributed by atoms with Crippen molar-refractivity contribution >= 4 is 39.2 Å². The molecule has 18 heavy (non-hydrogen) atoms. The number of aromatic nitrogens is 1. The Morgan fingerprint density at radius 1 is 1.11 bits per heavy atom. The molecule has 0 radical (unpaired) electrons. The van der Waals surface area contributed by atoms with Crippen LogP contribution in [0.1, 0.15) is 10.4 Å². The number of hydrogen-bond acceptors (Lipinski definition) is 1. The summed E-state index contributed by atoms with van der Waals surface area (Å²) < 4.78 is 2.14. The molecule has 1 heterocycles. The Morgan fingerprint density at radius 3 is 2.61 bits per heavy atom. The molecule has 3 rings (SSSR count). The van der Waals surface area contributed by atoms with E-state index in [0.29, 0.717) is 5.56 Å². The topological polar surface area (TPSA) is 22.0 Å². The van der Waals surface area contributed by atoms with Crippen LogP contribution in [0.15, 0.2) is 42.5 Å². The molecule has 0 amide bonds. The molecule has 0 aliphatic heterocycles. The van der Waals surface area contributed by atoms with Crippen LogP contribution >= 0.6 is 11.6 Å².